The minimum Gasteiger partial charge on any atom is -0.459 e. The van der Waals surface area contributed by atoms with E-state index >= 15 is 0 Å². The molecule has 34 heavy (non-hydrogen) atoms. The van der Waals surface area contributed by atoms with E-state index in [4.69, 9.17) is 28.2 Å². The lowest BCUT2D eigenvalue weighted by Crippen LogP contribution is -2.35. The van der Waals surface area contributed by atoms with E-state index in [-0.39, 0.29) is 23.0 Å². The Bertz CT molecular complexity index is 1260. The summed E-state index contributed by atoms with van der Waals surface area (Å²) in [5, 5.41) is 26.3. The van der Waals surface area contributed by atoms with Gasteiger partial charge in [-0.1, -0.05) is 11.6 Å². The molecule has 0 atom stereocenters. The van der Waals surface area contributed by atoms with E-state index in [9.17, 15) is 20.0 Å². The van der Waals surface area contributed by atoms with Gasteiger partial charge in [0, 0.05) is 30.8 Å². The van der Waals surface area contributed by atoms with Gasteiger partial charge in [0.1, 0.15) is 18.1 Å². The maximum absolute atomic E-state index is 13.0. The number of nitrogens with one attached hydrogen (secondary N) is 2. The molecule has 0 bridgehead atoms. The van der Waals surface area contributed by atoms with E-state index in [0.717, 1.165) is 25.9 Å². The van der Waals surface area contributed by atoms with Crippen molar-refractivity contribution in [2.75, 3.05) is 23.3 Å². The number of hydrogen-bond donors (Lipinski definition) is 3. The average Bonchev–Trinajstić information content (AvgIpc) is 3.52. The van der Waals surface area contributed by atoms with Crippen molar-refractivity contribution in [3.63, 3.8) is 0 Å². The van der Waals surface area contributed by atoms with Crippen molar-refractivity contribution in [2.45, 2.75) is 19.4 Å². The molecule has 2 aromatic carbocycles. The number of halogens is 1. The molecule has 4 rings (SSSR count). The topological polar surface area (TPSA) is 121 Å². The molecular formula is C23H21ClN4O5S. The average molecular weight is 501 g/mol. The monoisotopic (exact) mass is 500 g/mol. The minimum atomic E-state index is -0.561. The van der Waals surface area contributed by atoms with Crippen LogP contribution < -0.4 is 15.5 Å². The van der Waals surface area contributed by atoms with Gasteiger partial charge in [-0.2, -0.15) is 0 Å². The smallest absolute Gasteiger partial charge is 0.270 e. The molecule has 1 fully saturated rings. The predicted molar refractivity (Wildman–Crippen MR) is 133 cm³/mol. The Balaban J connectivity index is 1.53. The molecule has 11 heteroatoms. The summed E-state index contributed by atoms with van der Waals surface area (Å²) in [5.74, 6) is 0.396. The lowest BCUT2D eigenvalue weighted by molar-refractivity contribution is -0.384. The van der Waals surface area contributed by atoms with Crippen LogP contribution in [0.3, 0.4) is 0 Å². The molecule has 1 aliphatic heterocycles. The fraction of sp³-hybridized carbons (Fsp3) is 0.217. The Morgan fingerprint density at radius 1 is 1.18 bits per heavy atom. The number of thiocarbonyl (C=S) groups is 1. The molecule has 1 aliphatic rings. The van der Waals surface area contributed by atoms with Crippen molar-refractivity contribution in [3.05, 3.63) is 75.0 Å². The summed E-state index contributed by atoms with van der Waals surface area (Å²) < 4.78 is 5.55. The summed E-state index contributed by atoms with van der Waals surface area (Å²) in [7, 11) is 0. The summed E-state index contributed by atoms with van der Waals surface area (Å²) in [4.78, 5) is 25.8. The number of aliphatic hydroxyl groups excluding tert-OH is 1. The lowest BCUT2D eigenvalue weighted by Gasteiger charge is -2.21. The molecule has 176 valence electrons. The van der Waals surface area contributed by atoms with E-state index in [2.05, 4.69) is 10.6 Å². The van der Waals surface area contributed by atoms with Crippen LogP contribution in [0.1, 0.15) is 29.0 Å². The number of aliphatic hydroxyl groups is 1. The molecule has 0 aliphatic carbocycles. The fourth-order valence-corrected chi connectivity index (χ4v) is 4.14. The summed E-state index contributed by atoms with van der Waals surface area (Å²) in [6.07, 6.45) is 1.98. The first-order valence-electron chi connectivity index (χ1n) is 10.5. The first-order valence-corrected chi connectivity index (χ1v) is 11.3. The fourth-order valence-electron chi connectivity index (χ4n) is 3.77. The number of non-ortho nitro benzene ring substituents is 1. The zero-order valence-corrected chi connectivity index (χ0v) is 19.5. The molecule has 2 heterocycles. The number of carbonyl (C=O) groups excluding carboxylic acids is 1. The van der Waals surface area contributed by atoms with Crippen LogP contribution in [0.5, 0.6) is 0 Å². The van der Waals surface area contributed by atoms with Crippen LogP contribution in [-0.4, -0.2) is 34.1 Å². The number of nitro benzene ring substituents is 1. The zero-order chi connectivity index (χ0) is 24.2. The number of carbonyl (C=O) groups is 1. The highest BCUT2D eigenvalue weighted by Gasteiger charge is 2.23. The Kier molecular flexibility index (Phi) is 7.11. The molecular weight excluding hydrogens is 480 g/mol. The first kappa shape index (κ1) is 23.7. The number of amides is 1. The van der Waals surface area contributed by atoms with Gasteiger partial charge in [-0.25, -0.2) is 0 Å². The minimum absolute atomic E-state index is 0.0154. The van der Waals surface area contributed by atoms with Gasteiger partial charge < -0.3 is 19.7 Å². The van der Waals surface area contributed by atoms with Gasteiger partial charge in [-0.15, -0.1) is 0 Å². The molecule has 0 radical (unpaired) electrons. The normalized spacial score (nSPS) is 13.1. The molecule has 3 N–H and O–H groups in total. The third-order valence-corrected chi connectivity index (χ3v) is 5.96. The van der Waals surface area contributed by atoms with Gasteiger partial charge in [-0.05, 0) is 61.5 Å². The van der Waals surface area contributed by atoms with Crippen molar-refractivity contribution in [1.82, 2.24) is 5.32 Å². The molecule has 1 saturated heterocycles. The Morgan fingerprint density at radius 3 is 2.62 bits per heavy atom. The molecule has 0 spiro atoms. The van der Waals surface area contributed by atoms with Crippen molar-refractivity contribution in [2.24, 2.45) is 0 Å². The molecule has 1 amide bonds. The van der Waals surface area contributed by atoms with Crippen molar-refractivity contribution in [3.8, 4) is 11.3 Å². The third-order valence-electron chi connectivity index (χ3n) is 5.43. The Morgan fingerprint density at radius 2 is 1.94 bits per heavy atom. The van der Waals surface area contributed by atoms with Gasteiger partial charge >= 0.3 is 0 Å². The van der Waals surface area contributed by atoms with Crippen LogP contribution in [0.2, 0.25) is 5.02 Å². The van der Waals surface area contributed by atoms with E-state index in [1.165, 1.54) is 12.1 Å². The molecule has 9 nitrogen and oxygen atoms in total. The molecule has 3 aromatic rings. The van der Waals surface area contributed by atoms with Crippen LogP contribution in [-0.2, 0) is 6.61 Å². The van der Waals surface area contributed by atoms with E-state index in [0.29, 0.717) is 33.5 Å². The van der Waals surface area contributed by atoms with E-state index in [1.54, 1.807) is 36.4 Å². The lowest BCUT2D eigenvalue weighted by atomic mass is 10.1. The standard InChI is InChI=1S/C23H21ClN4O5S/c24-18-6-3-14(21-8-5-16(13-29)33-21)11-19(18)25-23(34)26-22(30)17-12-15(28(31)32)4-7-20(17)27-9-1-2-10-27/h3-8,11-12,29H,1-2,9-10,13H2,(H2,25,26,30,34). The van der Waals surface area contributed by atoms with Crippen LogP contribution in [0.4, 0.5) is 17.1 Å². The quantitative estimate of drug-likeness (QED) is 0.252. The van der Waals surface area contributed by atoms with Crippen LogP contribution in [0, 0.1) is 10.1 Å². The van der Waals surface area contributed by atoms with Crippen LogP contribution >= 0.6 is 23.8 Å². The Hall–Kier alpha value is -3.47. The van der Waals surface area contributed by atoms with Crippen LogP contribution in [0.15, 0.2) is 52.9 Å². The van der Waals surface area contributed by atoms with E-state index < -0.39 is 10.8 Å². The summed E-state index contributed by atoms with van der Waals surface area (Å²) in [5.41, 5.74) is 1.75. The maximum atomic E-state index is 13.0. The summed E-state index contributed by atoms with van der Waals surface area (Å²) >= 11 is 11.6. The maximum Gasteiger partial charge on any atom is 0.270 e. The van der Waals surface area contributed by atoms with E-state index in [1.807, 2.05) is 4.90 Å². The summed E-state index contributed by atoms with van der Waals surface area (Å²) in [6, 6.07) is 12.7. The molecule has 0 unspecified atom stereocenters. The van der Waals surface area contributed by atoms with Crippen LogP contribution in [0.25, 0.3) is 11.3 Å². The van der Waals surface area contributed by atoms with Gasteiger partial charge in [0.25, 0.3) is 11.6 Å². The highest BCUT2D eigenvalue weighted by Crippen LogP contribution is 2.31. The predicted octanol–water partition coefficient (Wildman–Crippen LogP) is 4.73. The highest BCUT2D eigenvalue weighted by molar-refractivity contribution is 7.80. The number of benzene rings is 2. The second kappa shape index (κ2) is 10.2. The molecule has 0 saturated carbocycles. The number of anilines is 2. The molecule has 1 aromatic heterocycles. The number of nitro groups is 1. The Labute approximate surface area is 205 Å². The largest absolute Gasteiger partial charge is 0.459 e. The number of furan rings is 1. The van der Waals surface area contributed by atoms with Gasteiger partial charge in [0.2, 0.25) is 0 Å². The number of hydrogen-bond acceptors (Lipinski definition) is 7. The number of rotatable bonds is 6. The summed E-state index contributed by atoms with van der Waals surface area (Å²) in [6.45, 7) is 1.33. The van der Waals surface area contributed by atoms with Crippen molar-refractivity contribution in [1.29, 1.82) is 0 Å². The van der Waals surface area contributed by atoms with Gasteiger partial charge in [-0.3, -0.25) is 20.2 Å². The zero-order valence-electron chi connectivity index (χ0n) is 17.9. The van der Waals surface area contributed by atoms with Gasteiger partial charge in [0.15, 0.2) is 5.11 Å². The van der Waals surface area contributed by atoms with Gasteiger partial charge in [0.05, 0.1) is 26.9 Å². The number of nitrogens with zero attached hydrogens (tertiary/aromatic N) is 2. The first-order chi connectivity index (χ1) is 16.4. The highest BCUT2D eigenvalue weighted by atomic mass is 35.5. The van der Waals surface area contributed by atoms with Crippen molar-refractivity contribution < 1.29 is 19.2 Å². The second-order valence-corrected chi connectivity index (χ2v) is 8.50. The SMILES string of the molecule is O=C(NC(=S)Nc1cc(-c2ccc(CO)o2)ccc1Cl)c1cc([N+](=O)[O-])ccc1N1CCCC1. The third kappa shape index (κ3) is 5.19. The van der Waals surface area contributed by atoms with Crippen molar-refractivity contribution >= 4 is 51.9 Å². The second-order valence-electron chi connectivity index (χ2n) is 7.68.